The van der Waals surface area contributed by atoms with Crippen LogP contribution in [0.5, 0.6) is 0 Å². The largest absolute Gasteiger partial charge is 0.396 e. The Hall–Kier alpha value is -0.610. The van der Waals surface area contributed by atoms with Crippen molar-refractivity contribution >= 4 is 5.91 Å². The number of amides is 1. The zero-order chi connectivity index (χ0) is 9.94. The summed E-state index contributed by atoms with van der Waals surface area (Å²) in [5, 5.41) is 11.1. The fraction of sp³-hybridized carbons (Fsp3) is 0.889. The maximum Gasteiger partial charge on any atom is 0.222 e. The topological polar surface area (TPSA) is 58.6 Å². The molecule has 13 heavy (non-hydrogen) atoms. The molecule has 0 aliphatic heterocycles. The van der Waals surface area contributed by atoms with Crippen molar-refractivity contribution in [1.82, 2.24) is 5.32 Å². The summed E-state index contributed by atoms with van der Waals surface area (Å²) in [6.07, 6.45) is 2.00. The Balaban J connectivity index is 3.11. The number of carbonyl (C=O) groups excluding carboxylic acids is 1. The van der Waals surface area contributed by atoms with Crippen molar-refractivity contribution in [3.8, 4) is 0 Å². The zero-order valence-electron chi connectivity index (χ0n) is 8.21. The van der Waals surface area contributed by atoms with Crippen LogP contribution in [-0.4, -0.2) is 37.4 Å². The van der Waals surface area contributed by atoms with Gasteiger partial charge in [-0.3, -0.25) is 4.79 Å². The molecule has 4 nitrogen and oxygen atoms in total. The molecule has 0 aromatic rings. The standard InChI is InChI=1S/C9H19NO3/c1-2-7-13-8-4-9(12)10-5-3-6-11/h11H,2-8H2,1H3,(H,10,12). The Kier molecular flexibility index (Phi) is 9.03. The molecule has 0 saturated heterocycles. The van der Waals surface area contributed by atoms with Crippen LogP contribution in [0.25, 0.3) is 0 Å². The van der Waals surface area contributed by atoms with E-state index >= 15 is 0 Å². The minimum absolute atomic E-state index is 0.00967. The molecular weight excluding hydrogens is 170 g/mol. The van der Waals surface area contributed by atoms with E-state index in [0.717, 1.165) is 6.42 Å². The summed E-state index contributed by atoms with van der Waals surface area (Å²) in [6, 6.07) is 0. The molecule has 0 aliphatic rings. The molecule has 0 rings (SSSR count). The second-order valence-electron chi connectivity index (χ2n) is 2.79. The summed E-state index contributed by atoms with van der Waals surface area (Å²) in [7, 11) is 0. The van der Waals surface area contributed by atoms with Crippen molar-refractivity contribution in [2.75, 3.05) is 26.4 Å². The number of hydrogen-bond donors (Lipinski definition) is 2. The van der Waals surface area contributed by atoms with Gasteiger partial charge in [0.05, 0.1) is 6.61 Å². The fourth-order valence-electron chi connectivity index (χ4n) is 0.807. The molecule has 0 aliphatic carbocycles. The van der Waals surface area contributed by atoms with Crippen molar-refractivity contribution in [1.29, 1.82) is 0 Å². The van der Waals surface area contributed by atoms with E-state index in [4.69, 9.17) is 9.84 Å². The summed E-state index contributed by atoms with van der Waals surface area (Å²) < 4.78 is 5.15. The SMILES string of the molecule is CCCOCCC(=O)NCCCO. The van der Waals surface area contributed by atoms with Crippen molar-refractivity contribution in [2.45, 2.75) is 26.2 Å². The molecular formula is C9H19NO3. The predicted octanol–water partition coefficient (Wildman–Crippen LogP) is 0.302. The van der Waals surface area contributed by atoms with Gasteiger partial charge in [0.25, 0.3) is 0 Å². The fourth-order valence-corrected chi connectivity index (χ4v) is 0.807. The number of ether oxygens (including phenoxy) is 1. The maximum atomic E-state index is 11.0. The molecule has 4 heteroatoms. The van der Waals surface area contributed by atoms with Crippen molar-refractivity contribution in [2.24, 2.45) is 0 Å². The van der Waals surface area contributed by atoms with Gasteiger partial charge in [0.2, 0.25) is 5.91 Å². The highest BCUT2D eigenvalue weighted by Gasteiger charge is 1.98. The predicted molar refractivity (Wildman–Crippen MR) is 50.4 cm³/mol. The molecule has 78 valence electrons. The summed E-state index contributed by atoms with van der Waals surface area (Å²) in [5.41, 5.74) is 0. The lowest BCUT2D eigenvalue weighted by atomic mass is 10.4. The third-order valence-electron chi connectivity index (χ3n) is 1.48. The number of aliphatic hydroxyl groups excluding tert-OH is 1. The van der Waals surface area contributed by atoms with E-state index < -0.39 is 0 Å². The minimum Gasteiger partial charge on any atom is -0.396 e. The Labute approximate surface area is 79.3 Å². The lowest BCUT2D eigenvalue weighted by Crippen LogP contribution is -2.25. The average Bonchev–Trinajstić information content (AvgIpc) is 2.13. The van der Waals surface area contributed by atoms with E-state index in [0.29, 0.717) is 32.6 Å². The molecule has 0 fully saturated rings. The Morgan fingerprint density at radius 3 is 2.85 bits per heavy atom. The Morgan fingerprint density at radius 2 is 2.23 bits per heavy atom. The number of aliphatic hydroxyl groups is 1. The monoisotopic (exact) mass is 189 g/mol. The third kappa shape index (κ3) is 9.30. The second kappa shape index (κ2) is 9.48. The first-order valence-electron chi connectivity index (χ1n) is 4.76. The summed E-state index contributed by atoms with van der Waals surface area (Å²) in [4.78, 5) is 11.0. The number of rotatable bonds is 8. The van der Waals surface area contributed by atoms with Crippen molar-refractivity contribution in [3.63, 3.8) is 0 Å². The van der Waals surface area contributed by atoms with Gasteiger partial charge in [-0.2, -0.15) is 0 Å². The molecule has 0 heterocycles. The molecule has 0 bridgehead atoms. The second-order valence-corrected chi connectivity index (χ2v) is 2.79. The van der Waals surface area contributed by atoms with Gasteiger partial charge in [0.15, 0.2) is 0 Å². The average molecular weight is 189 g/mol. The first kappa shape index (κ1) is 12.4. The lowest BCUT2D eigenvalue weighted by molar-refractivity contribution is -0.122. The number of carbonyl (C=O) groups is 1. The zero-order valence-corrected chi connectivity index (χ0v) is 8.21. The van der Waals surface area contributed by atoms with E-state index in [1.807, 2.05) is 6.92 Å². The van der Waals surface area contributed by atoms with Crippen LogP contribution in [0.2, 0.25) is 0 Å². The van der Waals surface area contributed by atoms with Crippen LogP contribution in [-0.2, 0) is 9.53 Å². The van der Waals surface area contributed by atoms with Crippen LogP contribution < -0.4 is 5.32 Å². The molecule has 1 amide bonds. The number of nitrogens with one attached hydrogen (secondary N) is 1. The van der Waals surface area contributed by atoms with Crippen LogP contribution in [0.4, 0.5) is 0 Å². The quantitative estimate of drug-likeness (QED) is 0.540. The van der Waals surface area contributed by atoms with Crippen molar-refractivity contribution < 1.29 is 14.6 Å². The highest BCUT2D eigenvalue weighted by atomic mass is 16.5. The molecule has 0 spiro atoms. The van der Waals surface area contributed by atoms with Crippen LogP contribution in [0.3, 0.4) is 0 Å². The minimum atomic E-state index is -0.00967. The Morgan fingerprint density at radius 1 is 1.46 bits per heavy atom. The summed E-state index contributed by atoms with van der Waals surface area (Å²) in [6.45, 7) is 3.89. The molecule has 0 atom stereocenters. The van der Waals surface area contributed by atoms with Gasteiger partial charge in [0.1, 0.15) is 0 Å². The van der Waals surface area contributed by atoms with Gasteiger partial charge in [0, 0.05) is 26.2 Å². The van der Waals surface area contributed by atoms with E-state index in [1.54, 1.807) is 0 Å². The van der Waals surface area contributed by atoms with E-state index in [1.165, 1.54) is 0 Å². The molecule has 0 aromatic carbocycles. The first-order valence-corrected chi connectivity index (χ1v) is 4.76. The van der Waals surface area contributed by atoms with E-state index in [2.05, 4.69) is 5.32 Å². The van der Waals surface area contributed by atoms with E-state index in [9.17, 15) is 4.79 Å². The van der Waals surface area contributed by atoms with Gasteiger partial charge in [-0.15, -0.1) is 0 Å². The maximum absolute atomic E-state index is 11.0. The van der Waals surface area contributed by atoms with Gasteiger partial charge in [-0.1, -0.05) is 6.92 Å². The third-order valence-corrected chi connectivity index (χ3v) is 1.48. The van der Waals surface area contributed by atoms with Crippen LogP contribution in [0.15, 0.2) is 0 Å². The van der Waals surface area contributed by atoms with Gasteiger partial charge in [-0.25, -0.2) is 0 Å². The smallest absolute Gasteiger partial charge is 0.222 e. The number of hydrogen-bond acceptors (Lipinski definition) is 3. The first-order chi connectivity index (χ1) is 6.31. The van der Waals surface area contributed by atoms with Gasteiger partial charge >= 0.3 is 0 Å². The molecule has 2 N–H and O–H groups in total. The Bertz CT molecular complexity index is 128. The van der Waals surface area contributed by atoms with Crippen molar-refractivity contribution in [3.05, 3.63) is 0 Å². The highest BCUT2D eigenvalue weighted by molar-refractivity contribution is 5.75. The highest BCUT2D eigenvalue weighted by Crippen LogP contribution is 1.85. The van der Waals surface area contributed by atoms with Crippen LogP contribution >= 0.6 is 0 Å². The van der Waals surface area contributed by atoms with Crippen LogP contribution in [0.1, 0.15) is 26.2 Å². The van der Waals surface area contributed by atoms with Crippen LogP contribution in [0, 0.1) is 0 Å². The summed E-state index contributed by atoms with van der Waals surface area (Å²) >= 11 is 0. The molecule has 0 aromatic heterocycles. The van der Waals surface area contributed by atoms with Gasteiger partial charge in [-0.05, 0) is 12.8 Å². The lowest BCUT2D eigenvalue weighted by Gasteiger charge is -2.04. The summed E-state index contributed by atoms with van der Waals surface area (Å²) in [5.74, 6) is -0.00967. The molecule has 0 radical (unpaired) electrons. The van der Waals surface area contributed by atoms with E-state index in [-0.39, 0.29) is 12.5 Å². The van der Waals surface area contributed by atoms with Gasteiger partial charge < -0.3 is 15.2 Å². The molecule has 0 unspecified atom stereocenters. The normalized spacial score (nSPS) is 10.0. The molecule has 0 saturated carbocycles.